The highest BCUT2D eigenvalue weighted by Gasteiger charge is 2.32. The molecule has 0 spiro atoms. The lowest BCUT2D eigenvalue weighted by Crippen LogP contribution is -2.48. The van der Waals surface area contributed by atoms with Gasteiger partial charge < -0.3 is 15.2 Å². The molecule has 20 heavy (non-hydrogen) atoms. The van der Waals surface area contributed by atoms with Gasteiger partial charge in [-0.2, -0.15) is 0 Å². The average Bonchev–Trinajstić information content (AvgIpc) is 2.49. The molecule has 1 aromatic carbocycles. The number of morpholine rings is 1. The molecule has 112 valence electrons. The molecule has 2 unspecified atom stereocenters. The molecular weight excluding hydrogens is 252 g/mol. The number of ether oxygens (including phenoxy) is 2. The SMILES string of the molecule is CCCN1CCOC(CN)C1c1ccc(COC)cc1. The van der Waals surface area contributed by atoms with Crippen LogP contribution in [0.25, 0.3) is 0 Å². The molecule has 1 saturated heterocycles. The molecule has 1 aromatic rings. The largest absolute Gasteiger partial charge is 0.380 e. The molecule has 0 bridgehead atoms. The van der Waals surface area contributed by atoms with Crippen molar-refractivity contribution >= 4 is 0 Å². The Morgan fingerprint density at radius 3 is 2.70 bits per heavy atom. The van der Waals surface area contributed by atoms with Crippen molar-refractivity contribution in [1.82, 2.24) is 4.90 Å². The van der Waals surface area contributed by atoms with E-state index >= 15 is 0 Å². The first-order chi connectivity index (χ1) is 9.80. The van der Waals surface area contributed by atoms with Crippen LogP contribution in [-0.2, 0) is 16.1 Å². The molecule has 0 amide bonds. The summed E-state index contributed by atoms with van der Waals surface area (Å²) >= 11 is 0. The van der Waals surface area contributed by atoms with Crippen LogP contribution in [0.2, 0.25) is 0 Å². The molecule has 0 radical (unpaired) electrons. The van der Waals surface area contributed by atoms with Crippen LogP contribution >= 0.6 is 0 Å². The number of benzene rings is 1. The Kier molecular flexibility index (Phi) is 5.98. The van der Waals surface area contributed by atoms with Crippen LogP contribution in [0.5, 0.6) is 0 Å². The van der Waals surface area contributed by atoms with Crippen LogP contribution in [0, 0.1) is 0 Å². The van der Waals surface area contributed by atoms with Crippen molar-refractivity contribution in [3.63, 3.8) is 0 Å². The van der Waals surface area contributed by atoms with Crippen molar-refractivity contribution in [3.05, 3.63) is 35.4 Å². The second kappa shape index (κ2) is 7.74. The van der Waals surface area contributed by atoms with Crippen molar-refractivity contribution in [2.75, 3.05) is 33.4 Å². The summed E-state index contributed by atoms with van der Waals surface area (Å²) in [5.74, 6) is 0. The van der Waals surface area contributed by atoms with E-state index in [0.717, 1.165) is 26.1 Å². The lowest BCUT2D eigenvalue weighted by atomic mass is 9.96. The third kappa shape index (κ3) is 3.58. The smallest absolute Gasteiger partial charge is 0.0894 e. The normalized spacial score (nSPS) is 23.9. The van der Waals surface area contributed by atoms with Gasteiger partial charge in [0.05, 0.1) is 25.4 Å². The Morgan fingerprint density at radius 2 is 2.10 bits per heavy atom. The summed E-state index contributed by atoms with van der Waals surface area (Å²) in [5.41, 5.74) is 8.37. The zero-order chi connectivity index (χ0) is 14.4. The third-order valence-corrected chi connectivity index (χ3v) is 3.83. The highest BCUT2D eigenvalue weighted by Crippen LogP contribution is 2.29. The van der Waals surface area contributed by atoms with E-state index < -0.39 is 0 Å². The summed E-state index contributed by atoms with van der Waals surface area (Å²) < 4.78 is 11.0. The van der Waals surface area contributed by atoms with Gasteiger partial charge in [0.2, 0.25) is 0 Å². The first-order valence-electron chi connectivity index (χ1n) is 7.43. The molecule has 0 saturated carbocycles. The fraction of sp³-hybridized carbons (Fsp3) is 0.625. The topological polar surface area (TPSA) is 47.7 Å². The number of nitrogens with zero attached hydrogens (tertiary/aromatic N) is 1. The maximum Gasteiger partial charge on any atom is 0.0894 e. The minimum Gasteiger partial charge on any atom is -0.380 e. The minimum atomic E-state index is 0.0866. The van der Waals surface area contributed by atoms with E-state index in [1.54, 1.807) is 7.11 Å². The first-order valence-corrected chi connectivity index (χ1v) is 7.43. The number of hydrogen-bond donors (Lipinski definition) is 1. The maximum atomic E-state index is 5.90. The molecular formula is C16H26N2O2. The summed E-state index contributed by atoms with van der Waals surface area (Å²) in [4.78, 5) is 2.49. The van der Waals surface area contributed by atoms with Crippen molar-refractivity contribution in [1.29, 1.82) is 0 Å². The highest BCUT2D eigenvalue weighted by atomic mass is 16.5. The van der Waals surface area contributed by atoms with Crippen molar-refractivity contribution in [2.24, 2.45) is 5.73 Å². The maximum absolute atomic E-state index is 5.90. The van der Waals surface area contributed by atoms with E-state index in [0.29, 0.717) is 13.2 Å². The van der Waals surface area contributed by atoms with Gasteiger partial charge in [-0.1, -0.05) is 31.2 Å². The van der Waals surface area contributed by atoms with E-state index in [-0.39, 0.29) is 12.1 Å². The number of nitrogens with two attached hydrogens (primary N) is 1. The molecule has 0 aliphatic carbocycles. The van der Waals surface area contributed by atoms with Gasteiger partial charge in [0.25, 0.3) is 0 Å². The van der Waals surface area contributed by atoms with Gasteiger partial charge in [-0.3, -0.25) is 4.90 Å². The van der Waals surface area contributed by atoms with Gasteiger partial charge in [0, 0.05) is 20.2 Å². The molecule has 2 N–H and O–H groups in total. The number of methoxy groups -OCH3 is 1. The Hall–Kier alpha value is -0.940. The third-order valence-electron chi connectivity index (χ3n) is 3.83. The van der Waals surface area contributed by atoms with E-state index in [2.05, 4.69) is 36.1 Å². The minimum absolute atomic E-state index is 0.0866. The molecule has 1 aliphatic rings. The van der Waals surface area contributed by atoms with Crippen LogP contribution in [0.1, 0.15) is 30.5 Å². The molecule has 1 fully saturated rings. The summed E-state index contributed by atoms with van der Waals surface area (Å²) in [6.07, 6.45) is 1.24. The van der Waals surface area contributed by atoms with Crippen LogP contribution in [0.4, 0.5) is 0 Å². The first kappa shape index (κ1) is 15.4. The van der Waals surface area contributed by atoms with Crippen LogP contribution < -0.4 is 5.73 Å². The molecule has 2 atom stereocenters. The number of hydrogen-bond acceptors (Lipinski definition) is 4. The summed E-state index contributed by atoms with van der Waals surface area (Å²) in [6, 6.07) is 8.89. The van der Waals surface area contributed by atoms with Crippen molar-refractivity contribution in [2.45, 2.75) is 32.1 Å². The van der Waals surface area contributed by atoms with Gasteiger partial charge in [-0.05, 0) is 24.1 Å². The Morgan fingerprint density at radius 1 is 1.35 bits per heavy atom. The summed E-state index contributed by atoms with van der Waals surface area (Å²) in [7, 11) is 1.72. The Balaban J connectivity index is 2.19. The lowest BCUT2D eigenvalue weighted by molar-refractivity contribution is -0.0676. The van der Waals surface area contributed by atoms with E-state index in [4.69, 9.17) is 15.2 Å². The zero-order valence-electron chi connectivity index (χ0n) is 12.5. The fourth-order valence-electron chi connectivity index (χ4n) is 2.92. The molecule has 0 aromatic heterocycles. The monoisotopic (exact) mass is 278 g/mol. The predicted molar refractivity (Wildman–Crippen MR) is 80.6 cm³/mol. The second-order valence-electron chi connectivity index (χ2n) is 5.30. The Bertz CT molecular complexity index is 392. The average molecular weight is 278 g/mol. The van der Waals surface area contributed by atoms with E-state index in [1.165, 1.54) is 11.1 Å². The van der Waals surface area contributed by atoms with Gasteiger partial charge in [-0.15, -0.1) is 0 Å². The Labute approximate surface area is 121 Å². The van der Waals surface area contributed by atoms with Crippen LogP contribution in [0.3, 0.4) is 0 Å². The molecule has 1 aliphatic heterocycles. The molecule has 4 heteroatoms. The second-order valence-corrected chi connectivity index (χ2v) is 5.30. The van der Waals surface area contributed by atoms with Crippen LogP contribution in [-0.4, -0.2) is 44.4 Å². The lowest BCUT2D eigenvalue weighted by Gasteiger charge is -2.41. The molecule has 4 nitrogen and oxygen atoms in total. The van der Waals surface area contributed by atoms with E-state index in [1.807, 2.05) is 0 Å². The highest BCUT2D eigenvalue weighted by molar-refractivity contribution is 5.26. The standard InChI is InChI=1S/C16H26N2O2/c1-3-8-18-9-10-20-15(11-17)16(18)14-6-4-13(5-7-14)12-19-2/h4-7,15-16H,3,8-12,17H2,1-2H3. The van der Waals surface area contributed by atoms with Gasteiger partial charge in [-0.25, -0.2) is 0 Å². The van der Waals surface area contributed by atoms with E-state index in [9.17, 15) is 0 Å². The predicted octanol–water partition coefficient (Wildman–Crippen LogP) is 1.94. The van der Waals surface area contributed by atoms with Crippen LogP contribution in [0.15, 0.2) is 24.3 Å². The molecule has 2 rings (SSSR count). The van der Waals surface area contributed by atoms with Gasteiger partial charge in [0.15, 0.2) is 0 Å². The van der Waals surface area contributed by atoms with Gasteiger partial charge >= 0.3 is 0 Å². The quantitative estimate of drug-likeness (QED) is 0.864. The fourth-order valence-corrected chi connectivity index (χ4v) is 2.92. The zero-order valence-corrected chi connectivity index (χ0v) is 12.5. The molecule has 1 heterocycles. The van der Waals surface area contributed by atoms with Crippen molar-refractivity contribution < 1.29 is 9.47 Å². The summed E-state index contributed by atoms with van der Waals surface area (Å²) in [5, 5.41) is 0. The van der Waals surface area contributed by atoms with Gasteiger partial charge in [0.1, 0.15) is 0 Å². The number of rotatable bonds is 6. The van der Waals surface area contributed by atoms with Crippen molar-refractivity contribution in [3.8, 4) is 0 Å². The summed E-state index contributed by atoms with van der Waals surface area (Å²) in [6.45, 7) is 6.27.